The average molecular weight is 446 g/mol. The zero-order chi connectivity index (χ0) is 23.2. The minimum Gasteiger partial charge on any atom is -0.357 e. The third kappa shape index (κ3) is 6.55. The molecular weight excluding hydrogens is 414 g/mol. The molecule has 0 aliphatic heterocycles. The third-order valence-corrected chi connectivity index (χ3v) is 6.22. The summed E-state index contributed by atoms with van der Waals surface area (Å²) >= 11 is 0. The molecule has 0 spiro atoms. The van der Waals surface area contributed by atoms with Crippen LogP contribution in [0.25, 0.3) is 0 Å². The van der Waals surface area contributed by atoms with Gasteiger partial charge in [-0.3, -0.25) is 13.9 Å². The molecular formula is C23H31N3O4S. The first kappa shape index (κ1) is 24.4. The number of amides is 2. The Bertz CT molecular complexity index is 1020. The standard InChI is InChI=1S/C23H31N3O4S/c1-6-21(23(28)24-4)25(15-19-12-10-17(2)11-13-19)22(27)16-26(31(5,29)30)20-9-7-8-18(3)14-20/h7-14,21H,6,15-16H2,1-5H3,(H,24,28)/t21-/m1/s1. The number of sulfonamides is 1. The summed E-state index contributed by atoms with van der Waals surface area (Å²) in [7, 11) is -2.19. The first-order valence-electron chi connectivity index (χ1n) is 10.2. The van der Waals surface area contributed by atoms with Crippen LogP contribution in [0.2, 0.25) is 0 Å². The Hall–Kier alpha value is -2.87. The summed E-state index contributed by atoms with van der Waals surface area (Å²) < 4.78 is 26.1. The molecule has 0 heterocycles. The van der Waals surface area contributed by atoms with E-state index < -0.39 is 22.0 Å². The highest BCUT2D eigenvalue weighted by Gasteiger charge is 2.31. The number of rotatable bonds is 9. The van der Waals surface area contributed by atoms with Crippen LogP contribution in [0.1, 0.15) is 30.0 Å². The van der Waals surface area contributed by atoms with E-state index in [4.69, 9.17) is 0 Å². The Morgan fingerprint density at radius 1 is 1.03 bits per heavy atom. The van der Waals surface area contributed by atoms with Crippen LogP contribution < -0.4 is 9.62 Å². The normalized spacial score (nSPS) is 12.2. The van der Waals surface area contributed by atoms with E-state index in [1.807, 2.05) is 51.1 Å². The predicted octanol–water partition coefficient (Wildman–Crippen LogP) is 2.62. The molecule has 2 amide bonds. The van der Waals surface area contributed by atoms with Crippen molar-refractivity contribution < 1.29 is 18.0 Å². The molecule has 1 N–H and O–H groups in total. The highest BCUT2D eigenvalue weighted by atomic mass is 32.2. The number of hydrogen-bond acceptors (Lipinski definition) is 4. The lowest BCUT2D eigenvalue weighted by atomic mass is 10.1. The number of anilines is 1. The molecule has 168 valence electrons. The maximum Gasteiger partial charge on any atom is 0.244 e. The third-order valence-electron chi connectivity index (χ3n) is 5.07. The maximum absolute atomic E-state index is 13.4. The minimum atomic E-state index is -3.71. The van der Waals surface area contributed by atoms with Crippen LogP contribution >= 0.6 is 0 Å². The van der Waals surface area contributed by atoms with Crippen LogP contribution in [0.4, 0.5) is 5.69 Å². The van der Waals surface area contributed by atoms with Gasteiger partial charge >= 0.3 is 0 Å². The van der Waals surface area contributed by atoms with Gasteiger partial charge in [0, 0.05) is 13.6 Å². The van der Waals surface area contributed by atoms with Crippen molar-refractivity contribution in [2.45, 2.75) is 39.8 Å². The molecule has 2 rings (SSSR count). The topological polar surface area (TPSA) is 86.8 Å². The molecule has 1 atom stereocenters. The number of likely N-dealkylation sites (N-methyl/N-ethyl adjacent to an activating group) is 1. The van der Waals surface area contributed by atoms with Crippen LogP contribution in [0.3, 0.4) is 0 Å². The fourth-order valence-electron chi connectivity index (χ4n) is 3.37. The van der Waals surface area contributed by atoms with Gasteiger partial charge in [0.15, 0.2) is 0 Å². The second-order valence-electron chi connectivity index (χ2n) is 7.65. The van der Waals surface area contributed by atoms with Crippen LogP contribution in [0.15, 0.2) is 48.5 Å². The highest BCUT2D eigenvalue weighted by Crippen LogP contribution is 2.20. The Labute approximate surface area is 185 Å². The molecule has 0 unspecified atom stereocenters. The first-order chi connectivity index (χ1) is 14.6. The summed E-state index contributed by atoms with van der Waals surface area (Å²) in [5, 5.41) is 2.60. The summed E-state index contributed by atoms with van der Waals surface area (Å²) in [6.07, 6.45) is 1.48. The van der Waals surface area contributed by atoms with Gasteiger partial charge in [-0.2, -0.15) is 0 Å². The Morgan fingerprint density at radius 3 is 2.19 bits per heavy atom. The molecule has 0 radical (unpaired) electrons. The Morgan fingerprint density at radius 2 is 1.68 bits per heavy atom. The van der Waals surface area contributed by atoms with Crippen LogP contribution in [0.5, 0.6) is 0 Å². The number of carbonyl (C=O) groups excluding carboxylic acids is 2. The van der Waals surface area contributed by atoms with Crippen molar-refractivity contribution in [3.63, 3.8) is 0 Å². The van der Waals surface area contributed by atoms with E-state index in [0.717, 1.165) is 27.3 Å². The average Bonchev–Trinajstić information content (AvgIpc) is 2.72. The second kappa shape index (κ2) is 10.4. The van der Waals surface area contributed by atoms with Crippen molar-refractivity contribution in [1.82, 2.24) is 10.2 Å². The number of nitrogens with zero attached hydrogens (tertiary/aromatic N) is 2. The predicted molar refractivity (Wildman–Crippen MR) is 123 cm³/mol. The maximum atomic E-state index is 13.4. The molecule has 7 nitrogen and oxygen atoms in total. The van der Waals surface area contributed by atoms with Gasteiger partial charge < -0.3 is 10.2 Å². The van der Waals surface area contributed by atoms with E-state index in [1.54, 1.807) is 18.2 Å². The van der Waals surface area contributed by atoms with Crippen LogP contribution in [-0.4, -0.2) is 51.0 Å². The molecule has 0 fully saturated rings. The Balaban J connectivity index is 2.41. The molecule has 0 bridgehead atoms. The molecule has 0 saturated carbocycles. The lowest BCUT2D eigenvalue weighted by Crippen LogP contribution is -2.51. The summed E-state index contributed by atoms with van der Waals surface area (Å²) in [6, 6.07) is 13.9. The van der Waals surface area contributed by atoms with E-state index >= 15 is 0 Å². The number of hydrogen-bond donors (Lipinski definition) is 1. The number of aryl methyl sites for hydroxylation is 2. The SMILES string of the molecule is CC[C@H](C(=O)NC)N(Cc1ccc(C)cc1)C(=O)CN(c1cccc(C)c1)S(C)(=O)=O. The van der Waals surface area contributed by atoms with E-state index in [9.17, 15) is 18.0 Å². The number of nitrogens with one attached hydrogen (secondary N) is 1. The molecule has 2 aromatic rings. The minimum absolute atomic E-state index is 0.205. The van der Waals surface area contributed by atoms with Crippen molar-refractivity contribution in [2.24, 2.45) is 0 Å². The first-order valence-corrected chi connectivity index (χ1v) is 12.0. The smallest absolute Gasteiger partial charge is 0.244 e. The number of carbonyl (C=O) groups is 2. The second-order valence-corrected chi connectivity index (χ2v) is 9.56. The van der Waals surface area contributed by atoms with E-state index in [0.29, 0.717) is 12.1 Å². The Kier molecular flexibility index (Phi) is 8.21. The molecule has 2 aromatic carbocycles. The van der Waals surface area contributed by atoms with Crippen molar-refractivity contribution in [1.29, 1.82) is 0 Å². The largest absolute Gasteiger partial charge is 0.357 e. The van der Waals surface area contributed by atoms with Crippen LogP contribution in [0, 0.1) is 13.8 Å². The lowest BCUT2D eigenvalue weighted by molar-refractivity contribution is -0.140. The van der Waals surface area contributed by atoms with Gasteiger partial charge in [-0.05, 0) is 43.5 Å². The number of benzene rings is 2. The fourth-order valence-corrected chi connectivity index (χ4v) is 4.21. The summed E-state index contributed by atoms with van der Waals surface area (Å²) in [6.45, 7) is 5.47. The van der Waals surface area contributed by atoms with Crippen molar-refractivity contribution in [2.75, 3.05) is 24.2 Å². The lowest BCUT2D eigenvalue weighted by Gasteiger charge is -2.32. The summed E-state index contributed by atoms with van der Waals surface area (Å²) in [5.74, 6) is -0.729. The summed E-state index contributed by atoms with van der Waals surface area (Å²) in [4.78, 5) is 27.3. The quantitative estimate of drug-likeness (QED) is 0.643. The van der Waals surface area contributed by atoms with E-state index in [1.165, 1.54) is 11.9 Å². The zero-order valence-corrected chi connectivity index (χ0v) is 19.6. The van der Waals surface area contributed by atoms with Gasteiger partial charge in [-0.15, -0.1) is 0 Å². The highest BCUT2D eigenvalue weighted by molar-refractivity contribution is 7.92. The molecule has 0 aliphatic rings. The van der Waals surface area contributed by atoms with E-state index in [-0.39, 0.29) is 19.0 Å². The van der Waals surface area contributed by atoms with Gasteiger partial charge in [-0.1, -0.05) is 48.9 Å². The molecule has 8 heteroatoms. The van der Waals surface area contributed by atoms with Crippen molar-refractivity contribution in [3.8, 4) is 0 Å². The van der Waals surface area contributed by atoms with Crippen molar-refractivity contribution >= 4 is 27.5 Å². The molecule has 0 saturated heterocycles. The van der Waals surface area contributed by atoms with Gasteiger partial charge in [0.1, 0.15) is 12.6 Å². The van der Waals surface area contributed by atoms with Crippen molar-refractivity contribution in [3.05, 3.63) is 65.2 Å². The van der Waals surface area contributed by atoms with Gasteiger partial charge in [0.05, 0.1) is 11.9 Å². The molecule has 0 aromatic heterocycles. The zero-order valence-electron chi connectivity index (χ0n) is 18.8. The fraction of sp³-hybridized carbons (Fsp3) is 0.391. The summed E-state index contributed by atoms with van der Waals surface area (Å²) in [5.41, 5.74) is 3.25. The molecule has 0 aliphatic carbocycles. The monoisotopic (exact) mass is 445 g/mol. The van der Waals surface area contributed by atoms with Crippen LogP contribution in [-0.2, 0) is 26.2 Å². The van der Waals surface area contributed by atoms with Gasteiger partial charge in [0.25, 0.3) is 0 Å². The van der Waals surface area contributed by atoms with E-state index in [2.05, 4.69) is 5.32 Å². The molecule has 31 heavy (non-hydrogen) atoms. The van der Waals surface area contributed by atoms with Gasteiger partial charge in [-0.25, -0.2) is 8.42 Å². The van der Waals surface area contributed by atoms with Gasteiger partial charge in [0.2, 0.25) is 21.8 Å².